The monoisotopic (exact) mass is 566 g/mol. The van der Waals surface area contributed by atoms with E-state index < -0.39 is 15.8 Å². The van der Waals surface area contributed by atoms with Gasteiger partial charge in [-0.15, -0.1) is 0 Å². The number of H-pyrrole nitrogens is 2. The number of nitrogens with one attached hydrogen (secondary N) is 2. The van der Waals surface area contributed by atoms with Gasteiger partial charge in [0.05, 0.1) is 35.3 Å². The molecule has 0 saturated carbocycles. The number of aromatic nitrogens is 4. The number of piperidine rings is 1. The summed E-state index contributed by atoms with van der Waals surface area (Å²) in [5.74, 6) is -0.0664. The molecule has 0 aliphatic carbocycles. The Hall–Kier alpha value is -3.45. The van der Waals surface area contributed by atoms with E-state index in [2.05, 4.69) is 32.2 Å². The highest BCUT2D eigenvalue weighted by atomic mass is 32.2. The summed E-state index contributed by atoms with van der Waals surface area (Å²) in [6.07, 6.45) is 2.70. The van der Waals surface area contributed by atoms with E-state index in [9.17, 15) is 17.6 Å². The molecule has 2 aromatic carbocycles. The molecule has 2 aliphatic rings. The molecule has 40 heavy (non-hydrogen) atoms. The summed E-state index contributed by atoms with van der Waals surface area (Å²) in [6.45, 7) is 4.68. The first kappa shape index (κ1) is 26.8. The Bertz CT molecular complexity index is 1600. The number of hydrogen-bond donors (Lipinski definition) is 2. The summed E-state index contributed by atoms with van der Waals surface area (Å²) < 4.78 is 45.9. The minimum absolute atomic E-state index is 0.0467. The quantitative estimate of drug-likeness (QED) is 0.336. The summed E-state index contributed by atoms with van der Waals surface area (Å²) in [5.41, 5.74) is 4.37. The van der Waals surface area contributed by atoms with Gasteiger partial charge in [0.25, 0.3) is 0 Å². The standard InChI is InChI=1S/C28H31FN6O4S/c29-22-2-4-23(5-3-22)40(37,38)35-9-7-20(8-10-35)26(36)16-21-17-30-33-27(21)28-31-24-6-1-19(15-25(24)32-28)18-34-11-13-39-14-12-34/h1-6,15,17,20H,7-14,16,18H2,(H,30,33)(H,31,32). The number of aromatic amines is 2. The summed E-state index contributed by atoms with van der Waals surface area (Å²) in [4.78, 5) is 23.7. The first-order valence-corrected chi connectivity index (χ1v) is 14.9. The van der Waals surface area contributed by atoms with Crippen LogP contribution in [0.15, 0.2) is 53.6 Å². The van der Waals surface area contributed by atoms with Gasteiger partial charge >= 0.3 is 0 Å². The van der Waals surface area contributed by atoms with E-state index in [-0.39, 0.29) is 36.1 Å². The summed E-state index contributed by atoms with van der Waals surface area (Å²) >= 11 is 0. The Morgan fingerprint density at radius 2 is 1.80 bits per heavy atom. The fourth-order valence-corrected chi connectivity index (χ4v) is 6.92. The molecule has 2 fully saturated rings. The summed E-state index contributed by atoms with van der Waals surface area (Å²) in [7, 11) is -3.73. The van der Waals surface area contributed by atoms with Crippen molar-refractivity contribution in [3.63, 3.8) is 0 Å². The predicted molar refractivity (Wildman–Crippen MR) is 146 cm³/mol. The second kappa shape index (κ2) is 11.2. The second-order valence-electron chi connectivity index (χ2n) is 10.4. The van der Waals surface area contributed by atoms with Crippen molar-refractivity contribution in [1.29, 1.82) is 0 Å². The third kappa shape index (κ3) is 5.57. The lowest BCUT2D eigenvalue weighted by atomic mass is 9.90. The molecule has 2 aliphatic heterocycles. The van der Waals surface area contributed by atoms with Gasteiger partial charge in [-0.05, 0) is 54.8 Å². The average Bonchev–Trinajstić information content (AvgIpc) is 3.60. The number of imidazole rings is 1. The van der Waals surface area contributed by atoms with Crippen LogP contribution in [0.25, 0.3) is 22.6 Å². The predicted octanol–water partition coefficient (Wildman–Crippen LogP) is 3.14. The molecule has 0 unspecified atom stereocenters. The van der Waals surface area contributed by atoms with Gasteiger partial charge in [-0.2, -0.15) is 9.40 Å². The van der Waals surface area contributed by atoms with Crippen molar-refractivity contribution in [3.05, 3.63) is 65.6 Å². The molecule has 210 valence electrons. The molecule has 4 aromatic rings. The molecule has 0 radical (unpaired) electrons. The molecule has 0 atom stereocenters. The smallest absolute Gasteiger partial charge is 0.243 e. The topological polar surface area (TPSA) is 124 Å². The van der Waals surface area contributed by atoms with E-state index in [1.807, 2.05) is 6.07 Å². The second-order valence-corrected chi connectivity index (χ2v) is 12.3. The normalized spacial score (nSPS) is 17.9. The zero-order valence-electron chi connectivity index (χ0n) is 22.0. The molecule has 6 rings (SSSR count). The minimum Gasteiger partial charge on any atom is -0.379 e. The summed E-state index contributed by atoms with van der Waals surface area (Å²) in [5, 5.41) is 7.16. The number of rotatable bonds is 8. The number of nitrogens with zero attached hydrogens (tertiary/aromatic N) is 4. The lowest BCUT2D eigenvalue weighted by Crippen LogP contribution is -2.40. The van der Waals surface area contributed by atoms with Crippen LogP contribution in [0, 0.1) is 11.7 Å². The highest BCUT2D eigenvalue weighted by Crippen LogP contribution is 2.28. The average molecular weight is 567 g/mol. The first-order valence-electron chi connectivity index (χ1n) is 13.5. The van der Waals surface area contributed by atoms with Crippen LogP contribution in [0.2, 0.25) is 0 Å². The highest BCUT2D eigenvalue weighted by Gasteiger charge is 2.32. The van der Waals surface area contributed by atoms with E-state index in [1.54, 1.807) is 6.20 Å². The van der Waals surface area contributed by atoms with Crippen molar-refractivity contribution in [2.24, 2.45) is 5.92 Å². The van der Waals surface area contributed by atoms with Crippen LogP contribution in [-0.4, -0.2) is 83.0 Å². The Balaban J connectivity index is 1.10. The molecule has 0 amide bonds. The molecule has 10 nitrogen and oxygen atoms in total. The van der Waals surface area contributed by atoms with Crippen LogP contribution in [0.5, 0.6) is 0 Å². The first-order chi connectivity index (χ1) is 19.4. The number of ketones is 1. The number of benzene rings is 2. The third-order valence-corrected chi connectivity index (χ3v) is 9.65. The fraction of sp³-hybridized carbons (Fsp3) is 0.393. The number of ether oxygens (including phenoxy) is 1. The third-order valence-electron chi connectivity index (χ3n) is 7.74. The largest absolute Gasteiger partial charge is 0.379 e. The lowest BCUT2D eigenvalue weighted by Gasteiger charge is -2.30. The van der Waals surface area contributed by atoms with Crippen molar-refractivity contribution >= 4 is 26.8 Å². The molecule has 12 heteroatoms. The molecular weight excluding hydrogens is 535 g/mol. The maximum atomic E-state index is 13.2. The van der Waals surface area contributed by atoms with Crippen LogP contribution < -0.4 is 0 Å². The van der Waals surface area contributed by atoms with Gasteiger partial charge in [0.1, 0.15) is 17.3 Å². The zero-order chi connectivity index (χ0) is 27.7. The highest BCUT2D eigenvalue weighted by molar-refractivity contribution is 7.89. The van der Waals surface area contributed by atoms with Crippen LogP contribution >= 0.6 is 0 Å². The molecular formula is C28H31FN6O4S. The Morgan fingerprint density at radius 3 is 2.55 bits per heavy atom. The van der Waals surface area contributed by atoms with Gasteiger partial charge in [0.15, 0.2) is 5.82 Å². The SMILES string of the molecule is O=C(Cc1cn[nH]c1-c1nc2ccc(CN3CCOCC3)cc2[nH]1)C1CCN(S(=O)(=O)c2ccc(F)cc2)CC1. The number of fused-ring (bicyclic) bond motifs is 1. The molecule has 2 N–H and O–H groups in total. The molecule has 4 heterocycles. The van der Waals surface area contributed by atoms with E-state index in [4.69, 9.17) is 9.72 Å². The molecule has 0 bridgehead atoms. The molecule has 2 saturated heterocycles. The van der Waals surface area contributed by atoms with Gasteiger partial charge in [-0.3, -0.25) is 14.8 Å². The Labute approximate surface area is 231 Å². The number of sulfonamides is 1. The number of morpholine rings is 1. The van der Waals surface area contributed by atoms with Crippen LogP contribution in [0.3, 0.4) is 0 Å². The van der Waals surface area contributed by atoms with Crippen molar-refractivity contribution in [2.45, 2.75) is 30.7 Å². The van der Waals surface area contributed by atoms with E-state index in [1.165, 1.54) is 22.0 Å². The lowest BCUT2D eigenvalue weighted by molar-refractivity contribution is -0.123. The molecule has 0 spiro atoms. The van der Waals surface area contributed by atoms with E-state index in [0.717, 1.165) is 61.6 Å². The minimum atomic E-state index is -3.73. The van der Waals surface area contributed by atoms with E-state index in [0.29, 0.717) is 24.4 Å². The fourth-order valence-electron chi connectivity index (χ4n) is 5.45. The van der Waals surface area contributed by atoms with Crippen molar-refractivity contribution in [2.75, 3.05) is 39.4 Å². The van der Waals surface area contributed by atoms with Gasteiger partial charge in [-0.1, -0.05) is 6.07 Å². The maximum absolute atomic E-state index is 13.2. The van der Waals surface area contributed by atoms with E-state index >= 15 is 0 Å². The van der Waals surface area contributed by atoms with Gasteiger partial charge in [-0.25, -0.2) is 17.8 Å². The van der Waals surface area contributed by atoms with Crippen LogP contribution in [0.4, 0.5) is 4.39 Å². The van der Waals surface area contributed by atoms with Crippen LogP contribution in [-0.2, 0) is 32.5 Å². The van der Waals surface area contributed by atoms with Gasteiger partial charge in [0.2, 0.25) is 10.0 Å². The molecule has 2 aromatic heterocycles. The number of Topliss-reactive ketones (excluding diaryl/α,β-unsaturated/α-hetero) is 1. The van der Waals surface area contributed by atoms with Gasteiger partial charge < -0.3 is 9.72 Å². The maximum Gasteiger partial charge on any atom is 0.243 e. The Kier molecular flexibility index (Phi) is 7.49. The number of carbonyl (C=O) groups is 1. The number of carbonyl (C=O) groups excluding carboxylic acids is 1. The van der Waals surface area contributed by atoms with Crippen molar-refractivity contribution in [3.8, 4) is 11.5 Å². The summed E-state index contributed by atoms with van der Waals surface area (Å²) in [6, 6.07) is 11.0. The number of hydrogen-bond acceptors (Lipinski definition) is 7. The van der Waals surface area contributed by atoms with Crippen LogP contribution in [0.1, 0.15) is 24.0 Å². The van der Waals surface area contributed by atoms with Gasteiger partial charge in [0, 0.05) is 50.6 Å². The number of halogens is 1. The van der Waals surface area contributed by atoms with Crippen molar-refractivity contribution < 1.29 is 22.3 Å². The Morgan fingerprint density at radius 1 is 1.05 bits per heavy atom. The van der Waals surface area contributed by atoms with Crippen molar-refractivity contribution in [1.82, 2.24) is 29.4 Å². The zero-order valence-corrected chi connectivity index (χ0v) is 22.8.